The number of hydrogen-bond donors (Lipinski definition) is 0. The molecular weight excluding hydrogens is 322 g/mol. The highest BCUT2D eigenvalue weighted by atomic mass is 16.6. The third-order valence-electron chi connectivity index (χ3n) is 4.85. The molecule has 2 saturated heterocycles. The number of amides is 1. The lowest BCUT2D eigenvalue weighted by molar-refractivity contribution is -0.152. The predicted octanol–water partition coefficient (Wildman–Crippen LogP) is 2.90. The first kappa shape index (κ1) is 17.7. The van der Waals surface area contributed by atoms with Crippen LogP contribution in [0.25, 0.3) is 0 Å². The first-order valence-corrected chi connectivity index (χ1v) is 8.93. The molecule has 2 bridgehead atoms. The number of carbonyl (C=O) groups excluding carboxylic acids is 2. The van der Waals surface area contributed by atoms with Gasteiger partial charge in [-0.25, -0.2) is 9.59 Å². The summed E-state index contributed by atoms with van der Waals surface area (Å²) in [6, 6.07) is 9.95. The maximum atomic E-state index is 12.5. The van der Waals surface area contributed by atoms with Crippen molar-refractivity contribution in [2.24, 2.45) is 0 Å². The lowest BCUT2D eigenvalue weighted by atomic mass is 10.0. The van der Waals surface area contributed by atoms with Crippen LogP contribution in [0.15, 0.2) is 30.3 Å². The fourth-order valence-electron chi connectivity index (χ4n) is 3.74. The molecule has 0 spiro atoms. The van der Waals surface area contributed by atoms with Crippen LogP contribution in [0.1, 0.15) is 38.2 Å². The van der Waals surface area contributed by atoms with Gasteiger partial charge in [-0.05, 0) is 38.2 Å². The summed E-state index contributed by atoms with van der Waals surface area (Å²) in [4.78, 5) is 25.8. The average molecular weight is 347 g/mol. The molecule has 6 heteroatoms. The highest BCUT2D eigenvalue weighted by molar-refractivity contribution is 5.70. The number of ether oxygens (including phenoxy) is 3. The normalized spacial score (nSPS) is 24.8. The van der Waals surface area contributed by atoms with Crippen LogP contribution in [-0.2, 0) is 25.6 Å². The Balaban J connectivity index is 1.48. The molecule has 1 aromatic rings. The molecule has 2 unspecified atom stereocenters. The molecule has 2 aliphatic heterocycles. The smallest absolute Gasteiger partial charge is 0.410 e. The average Bonchev–Trinajstić information content (AvgIpc) is 2.89. The van der Waals surface area contributed by atoms with Crippen LogP contribution >= 0.6 is 0 Å². The van der Waals surface area contributed by atoms with Crippen molar-refractivity contribution in [3.63, 3.8) is 0 Å². The van der Waals surface area contributed by atoms with Gasteiger partial charge in [0, 0.05) is 12.1 Å². The molecule has 2 aliphatic rings. The molecule has 0 N–H and O–H groups in total. The van der Waals surface area contributed by atoms with E-state index in [4.69, 9.17) is 14.2 Å². The lowest BCUT2D eigenvalue weighted by Gasteiger charge is -2.37. The molecule has 1 aromatic carbocycles. The summed E-state index contributed by atoms with van der Waals surface area (Å²) in [5, 5.41) is 0. The fraction of sp³-hybridized carbons (Fsp3) is 0.579. The topological polar surface area (TPSA) is 65.1 Å². The monoisotopic (exact) mass is 347 g/mol. The fourth-order valence-corrected chi connectivity index (χ4v) is 3.74. The second kappa shape index (κ2) is 8.34. The van der Waals surface area contributed by atoms with Crippen molar-refractivity contribution < 1.29 is 23.8 Å². The summed E-state index contributed by atoms with van der Waals surface area (Å²) in [5.41, 5.74) is 0.982. The van der Waals surface area contributed by atoms with Gasteiger partial charge >= 0.3 is 12.1 Å². The number of nitrogens with zero attached hydrogens (tertiary/aromatic N) is 1. The maximum absolute atomic E-state index is 12.5. The highest BCUT2D eigenvalue weighted by Gasteiger charge is 2.44. The van der Waals surface area contributed by atoms with Gasteiger partial charge in [-0.3, -0.25) is 0 Å². The van der Waals surface area contributed by atoms with Gasteiger partial charge < -0.3 is 19.1 Å². The van der Waals surface area contributed by atoms with Crippen molar-refractivity contribution in [1.82, 2.24) is 4.90 Å². The number of piperidine rings is 1. The van der Waals surface area contributed by atoms with Gasteiger partial charge in [-0.2, -0.15) is 0 Å². The second-order valence-corrected chi connectivity index (χ2v) is 6.54. The molecule has 3 rings (SSSR count). The van der Waals surface area contributed by atoms with E-state index in [0.29, 0.717) is 13.2 Å². The molecule has 6 nitrogen and oxygen atoms in total. The van der Waals surface area contributed by atoms with E-state index < -0.39 is 0 Å². The minimum absolute atomic E-state index is 0.0000736. The molecule has 2 fully saturated rings. The SMILES string of the molecule is CCOC(=O)COC1CC2CCC(C1)N2C(=O)OCc1ccccc1. The van der Waals surface area contributed by atoms with Crippen molar-refractivity contribution in [3.05, 3.63) is 35.9 Å². The minimum Gasteiger partial charge on any atom is -0.464 e. The lowest BCUT2D eigenvalue weighted by Crippen LogP contribution is -2.49. The zero-order chi connectivity index (χ0) is 17.6. The number of esters is 1. The van der Waals surface area contributed by atoms with Crippen LogP contribution in [0.3, 0.4) is 0 Å². The Morgan fingerprint density at radius 2 is 1.76 bits per heavy atom. The van der Waals surface area contributed by atoms with Crippen molar-refractivity contribution >= 4 is 12.1 Å². The van der Waals surface area contributed by atoms with E-state index in [1.54, 1.807) is 6.92 Å². The summed E-state index contributed by atoms with van der Waals surface area (Å²) in [6.07, 6.45) is 3.17. The van der Waals surface area contributed by atoms with E-state index in [1.165, 1.54) is 0 Å². The Morgan fingerprint density at radius 3 is 2.40 bits per heavy atom. The summed E-state index contributed by atoms with van der Waals surface area (Å²) >= 11 is 0. The first-order valence-electron chi connectivity index (χ1n) is 8.93. The standard InChI is InChI=1S/C19H25NO5/c1-2-23-18(21)13-24-17-10-15-8-9-16(11-17)20(15)19(22)25-12-14-6-4-3-5-7-14/h3-7,15-17H,2,8-13H2,1H3. The summed E-state index contributed by atoms with van der Waals surface area (Å²) in [7, 11) is 0. The van der Waals surface area contributed by atoms with E-state index in [1.807, 2.05) is 35.2 Å². The molecule has 2 atom stereocenters. The Bertz CT molecular complexity index is 577. The largest absolute Gasteiger partial charge is 0.464 e. The van der Waals surface area contributed by atoms with E-state index in [2.05, 4.69) is 0 Å². The molecular formula is C19H25NO5. The van der Waals surface area contributed by atoms with Gasteiger partial charge in [0.15, 0.2) is 0 Å². The first-order chi connectivity index (χ1) is 12.2. The van der Waals surface area contributed by atoms with Crippen LogP contribution in [0.5, 0.6) is 0 Å². The van der Waals surface area contributed by atoms with Crippen LogP contribution < -0.4 is 0 Å². The Hall–Kier alpha value is -2.08. The number of fused-ring (bicyclic) bond motifs is 2. The summed E-state index contributed by atoms with van der Waals surface area (Å²) < 4.78 is 16.1. The number of rotatable bonds is 6. The predicted molar refractivity (Wildman–Crippen MR) is 90.9 cm³/mol. The van der Waals surface area contributed by atoms with Gasteiger partial charge in [0.2, 0.25) is 0 Å². The van der Waals surface area contributed by atoms with Crippen LogP contribution in [-0.4, -0.2) is 48.4 Å². The van der Waals surface area contributed by atoms with E-state index in [0.717, 1.165) is 31.2 Å². The Morgan fingerprint density at radius 1 is 1.08 bits per heavy atom. The third kappa shape index (κ3) is 4.51. The van der Waals surface area contributed by atoms with Crippen LogP contribution in [0.2, 0.25) is 0 Å². The highest BCUT2D eigenvalue weighted by Crippen LogP contribution is 2.37. The van der Waals surface area contributed by atoms with Crippen LogP contribution in [0, 0.1) is 0 Å². The van der Waals surface area contributed by atoms with E-state index >= 15 is 0 Å². The van der Waals surface area contributed by atoms with Crippen molar-refractivity contribution in [1.29, 1.82) is 0 Å². The van der Waals surface area contributed by atoms with Crippen LogP contribution in [0.4, 0.5) is 4.79 Å². The molecule has 1 amide bonds. The van der Waals surface area contributed by atoms with Gasteiger partial charge in [0.05, 0.1) is 12.7 Å². The van der Waals surface area contributed by atoms with Gasteiger partial charge in [-0.1, -0.05) is 30.3 Å². The Labute approximate surface area is 148 Å². The van der Waals surface area contributed by atoms with Crippen molar-refractivity contribution in [3.8, 4) is 0 Å². The molecule has 0 radical (unpaired) electrons. The minimum atomic E-state index is -0.334. The quantitative estimate of drug-likeness (QED) is 0.740. The van der Waals surface area contributed by atoms with E-state index in [9.17, 15) is 9.59 Å². The van der Waals surface area contributed by atoms with Crippen molar-refractivity contribution in [2.75, 3.05) is 13.2 Å². The van der Waals surface area contributed by atoms with Crippen molar-refractivity contribution in [2.45, 2.75) is 57.4 Å². The molecule has 136 valence electrons. The van der Waals surface area contributed by atoms with Gasteiger partial charge in [0.25, 0.3) is 0 Å². The molecule has 0 aliphatic carbocycles. The zero-order valence-corrected chi connectivity index (χ0v) is 14.6. The maximum Gasteiger partial charge on any atom is 0.410 e. The molecule has 0 aromatic heterocycles. The van der Waals surface area contributed by atoms with Gasteiger partial charge in [-0.15, -0.1) is 0 Å². The van der Waals surface area contributed by atoms with Gasteiger partial charge in [0.1, 0.15) is 13.2 Å². The number of benzene rings is 1. The second-order valence-electron chi connectivity index (χ2n) is 6.54. The summed E-state index contributed by atoms with van der Waals surface area (Å²) in [6.45, 7) is 2.41. The zero-order valence-electron chi connectivity index (χ0n) is 14.6. The number of carbonyl (C=O) groups is 2. The number of hydrogen-bond acceptors (Lipinski definition) is 5. The Kier molecular flexibility index (Phi) is 5.91. The summed E-state index contributed by atoms with van der Waals surface area (Å²) in [5.74, 6) is -0.334. The molecule has 2 heterocycles. The third-order valence-corrected chi connectivity index (χ3v) is 4.85. The molecule has 25 heavy (non-hydrogen) atoms. The van der Waals surface area contributed by atoms with E-state index in [-0.39, 0.29) is 36.9 Å². The molecule has 0 saturated carbocycles.